The van der Waals surface area contributed by atoms with Crippen LogP contribution in [0.25, 0.3) is 0 Å². The number of hydrogen-bond donors (Lipinski definition) is 2. The van der Waals surface area contributed by atoms with Crippen molar-refractivity contribution >= 4 is 23.2 Å². The van der Waals surface area contributed by atoms with E-state index in [1.807, 2.05) is 0 Å². The topological polar surface area (TPSA) is 58.2 Å². The number of amides is 2. The van der Waals surface area contributed by atoms with Gasteiger partial charge in [0.1, 0.15) is 5.82 Å². The lowest BCUT2D eigenvalue weighted by molar-refractivity contribution is -0.114. The Kier molecular flexibility index (Phi) is 4.33. The molecule has 0 aliphatic rings. The zero-order valence-corrected chi connectivity index (χ0v) is 11.7. The zero-order valence-electron chi connectivity index (χ0n) is 11.7. The number of nitrogens with one attached hydrogen (secondary N) is 2. The van der Waals surface area contributed by atoms with E-state index in [2.05, 4.69) is 10.6 Å². The third-order valence-electron chi connectivity index (χ3n) is 2.90. The zero-order chi connectivity index (χ0) is 15.4. The first-order chi connectivity index (χ1) is 9.95. The monoisotopic (exact) mass is 286 g/mol. The molecule has 2 aromatic carbocycles. The van der Waals surface area contributed by atoms with Gasteiger partial charge in [-0.3, -0.25) is 9.59 Å². The van der Waals surface area contributed by atoms with Crippen molar-refractivity contribution in [2.45, 2.75) is 13.8 Å². The summed E-state index contributed by atoms with van der Waals surface area (Å²) in [5, 5.41) is 5.36. The molecule has 21 heavy (non-hydrogen) atoms. The molecule has 0 unspecified atom stereocenters. The van der Waals surface area contributed by atoms with Gasteiger partial charge in [-0.1, -0.05) is 0 Å². The summed E-state index contributed by atoms with van der Waals surface area (Å²) >= 11 is 0. The van der Waals surface area contributed by atoms with Crippen LogP contribution in [0.4, 0.5) is 15.8 Å². The Balaban J connectivity index is 2.10. The Labute approximate surface area is 122 Å². The number of anilines is 2. The Morgan fingerprint density at radius 3 is 2.05 bits per heavy atom. The van der Waals surface area contributed by atoms with Gasteiger partial charge < -0.3 is 10.6 Å². The van der Waals surface area contributed by atoms with E-state index in [4.69, 9.17) is 0 Å². The molecular formula is C16H15FN2O2. The molecule has 2 aromatic rings. The van der Waals surface area contributed by atoms with Crippen LogP contribution in [-0.4, -0.2) is 11.8 Å². The van der Waals surface area contributed by atoms with Crippen molar-refractivity contribution in [3.8, 4) is 0 Å². The molecule has 0 atom stereocenters. The molecule has 5 heteroatoms. The Morgan fingerprint density at radius 2 is 1.52 bits per heavy atom. The third kappa shape index (κ3) is 3.89. The van der Waals surface area contributed by atoms with Crippen molar-refractivity contribution in [2.75, 3.05) is 10.6 Å². The molecule has 2 N–H and O–H groups in total. The molecule has 4 nitrogen and oxygen atoms in total. The molecule has 0 saturated carbocycles. The Bertz CT molecular complexity index is 681. The molecule has 108 valence electrons. The fourth-order valence-corrected chi connectivity index (χ4v) is 1.92. The molecule has 0 saturated heterocycles. The van der Waals surface area contributed by atoms with Gasteiger partial charge in [0.05, 0.1) is 0 Å². The van der Waals surface area contributed by atoms with Gasteiger partial charge in [-0.05, 0) is 55.0 Å². The SMILES string of the molecule is CC(=O)Nc1ccc(NC(=O)c2ccc(F)cc2C)cc1. The molecule has 0 fully saturated rings. The van der Waals surface area contributed by atoms with Gasteiger partial charge in [0.25, 0.3) is 5.91 Å². The van der Waals surface area contributed by atoms with Crippen molar-refractivity contribution in [2.24, 2.45) is 0 Å². The highest BCUT2D eigenvalue weighted by atomic mass is 19.1. The highest BCUT2D eigenvalue weighted by Gasteiger charge is 2.10. The smallest absolute Gasteiger partial charge is 0.255 e. The molecule has 0 spiro atoms. The lowest BCUT2D eigenvalue weighted by Gasteiger charge is -2.09. The van der Waals surface area contributed by atoms with Crippen molar-refractivity contribution < 1.29 is 14.0 Å². The first kappa shape index (κ1) is 14.7. The first-order valence-electron chi connectivity index (χ1n) is 6.41. The van der Waals surface area contributed by atoms with Gasteiger partial charge in [-0.25, -0.2) is 4.39 Å². The Morgan fingerprint density at radius 1 is 0.952 bits per heavy atom. The van der Waals surface area contributed by atoms with E-state index in [0.717, 1.165) is 0 Å². The second-order valence-corrected chi connectivity index (χ2v) is 4.67. The summed E-state index contributed by atoms with van der Waals surface area (Å²) < 4.78 is 13.0. The van der Waals surface area contributed by atoms with Crippen LogP contribution in [0.15, 0.2) is 42.5 Å². The van der Waals surface area contributed by atoms with Crippen molar-refractivity contribution in [1.29, 1.82) is 0 Å². The van der Waals surface area contributed by atoms with Crippen LogP contribution < -0.4 is 10.6 Å². The standard InChI is InChI=1S/C16H15FN2O2/c1-10-9-12(17)3-8-15(10)16(21)19-14-6-4-13(5-7-14)18-11(2)20/h3-9H,1-2H3,(H,18,20)(H,19,21). The number of hydrogen-bond acceptors (Lipinski definition) is 2. The van der Waals surface area contributed by atoms with E-state index >= 15 is 0 Å². The second kappa shape index (κ2) is 6.17. The maximum Gasteiger partial charge on any atom is 0.255 e. The average molecular weight is 286 g/mol. The average Bonchev–Trinajstić information content (AvgIpc) is 2.40. The van der Waals surface area contributed by atoms with Gasteiger partial charge in [0.2, 0.25) is 5.91 Å². The summed E-state index contributed by atoms with van der Waals surface area (Å²) in [6.45, 7) is 3.10. The molecule has 0 heterocycles. The molecule has 0 aliphatic heterocycles. The quantitative estimate of drug-likeness (QED) is 0.909. The first-order valence-corrected chi connectivity index (χ1v) is 6.41. The highest BCUT2D eigenvalue weighted by Crippen LogP contribution is 2.16. The number of benzene rings is 2. The molecule has 0 bridgehead atoms. The fraction of sp³-hybridized carbons (Fsp3) is 0.125. The highest BCUT2D eigenvalue weighted by molar-refractivity contribution is 6.05. The fourth-order valence-electron chi connectivity index (χ4n) is 1.92. The van der Waals surface area contributed by atoms with Crippen LogP contribution in [0.5, 0.6) is 0 Å². The number of carbonyl (C=O) groups excluding carboxylic acids is 2. The molecule has 2 amide bonds. The minimum absolute atomic E-state index is 0.159. The van der Waals surface area contributed by atoms with Gasteiger partial charge in [-0.2, -0.15) is 0 Å². The van der Waals surface area contributed by atoms with Crippen molar-refractivity contribution in [3.05, 3.63) is 59.4 Å². The lowest BCUT2D eigenvalue weighted by atomic mass is 10.1. The number of carbonyl (C=O) groups is 2. The summed E-state index contributed by atoms with van der Waals surface area (Å²) in [4.78, 5) is 23.0. The van der Waals surface area contributed by atoms with Gasteiger partial charge >= 0.3 is 0 Å². The van der Waals surface area contributed by atoms with Crippen molar-refractivity contribution in [1.82, 2.24) is 0 Å². The molecular weight excluding hydrogens is 271 g/mol. The van der Waals surface area contributed by atoms with Gasteiger partial charge in [0, 0.05) is 23.9 Å². The largest absolute Gasteiger partial charge is 0.326 e. The summed E-state index contributed by atoms with van der Waals surface area (Å²) in [6, 6.07) is 10.8. The maximum atomic E-state index is 13.0. The van der Waals surface area contributed by atoms with Gasteiger partial charge in [-0.15, -0.1) is 0 Å². The maximum absolute atomic E-state index is 13.0. The van der Waals surface area contributed by atoms with E-state index in [9.17, 15) is 14.0 Å². The molecule has 0 aliphatic carbocycles. The van der Waals surface area contributed by atoms with E-state index in [1.165, 1.54) is 25.1 Å². The van der Waals surface area contributed by atoms with E-state index < -0.39 is 0 Å². The van der Waals surface area contributed by atoms with Crippen LogP contribution in [0, 0.1) is 12.7 Å². The Hall–Kier alpha value is -2.69. The molecule has 2 rings (SSSR count). The van der Waals surface area contributed by atoms with E-state index in [-0.39, 0.29) is 17.6 Å². The summed E-state index contributed by atoms with van der Waals surface area (Å²) in [6.07, 6.45) is 0. The summed E-state index contributed by atoms with van der Waals surface area (Å²) in [5.74, 6) is -0.836. The van der Waals surface area contributed by atoms with Crippen LogP contribution in [-0.2, 0) is 4.79 Å². The van der Waals surface area contributed by atoms with Crippen LogP contribution in [0.1, 0.15) is 22.8 Å². The van der Waals surface area contributed by atoms with Gasteiger partial charge in [0.15, 0.2) is 0 Å². The molecule has 0 radical (unpaired) electrons. The van der Waals surface area contributed by atoms with Crippen molar-refractivity contribution in [3.63, 3.8) is 0 Å². The number of rotatable bonds is 3. The summed E-state index contributed by atoms with van der Waals surface area (Å²) in [5.41, 5.74) is 2.24. The van der Waals surface area contributed by atoms with Crippen LogP contribution >= 0.6 is 0 Å². The number of aryl methyl sites for hydroxylation is 1. The second-order valence-electron chi connectivity index (χ2n) is 4.67. The molecule has 0 aromatic heterocycles. The predicted octanol–water partition coefficient (Wildman–Crippen LogP) is 3.34. The lowest BCUT2D eigenvalue weighted by Crippen LogP contribution is -2.13. The minimum atomic E-state index is -0.372. The van der Waals surface area contributed by atoms with Crippen LogP contribution in [0.3, 0.4) is 0 Å². The predicted molar refractivity (Wildman–Crippen MR) is 79.8 cm³/mol. The van der Waals surface area contributed by atoms with E-state index in [1.54, 1.807) is 31.2 Å². The normalized spacial score (nSPS) is 10.0. The third-order valence-corrected chi connectivity index (χ3v) is 2.90. The minimum Gasteiger partial charge on any atom is -0.326 e. The van der Waals surface area contributed by atoms with E-state index in [0.29, 0.717) is 22.5 Å². The van der Waals surface area contributed by atoms with Crippen LogP contribution in [0.2, 0.25) is 0 Å². The number of halogens is 1. The summed E-state index contributed by atoms with van der Waals surface area (Å²) in [7, 11) is 0.